The Kier molecular flexibility index (Phi) is 1.88. The number of aromatic nitrogens is 1. The van der Waals surface area contributed by atoms with Gasteiger partial charge in [0.1, 0.15) is 5.75 Å². The van der Waals surface area contributed by atoms with Crippen LogP contribution in [0.2, 0.25) is 0 Å². The number of hydrogen-bond acceptors (Lipinski definition) is 3. The number of carboxylic acid groups (broad SMARTS) is 1. The highest BCUT2D eigenvalue weighted by atomic mass is 16.5. The van der Waals surface area contributed by atoms with Gasteiger partial charge in [0.15, 0.2) is 0 Å². The maximum absolute atomic E-state index is 10.6. The Bertz CT molecular complexity index is 349. The molecular weight excluding hydrogens is 170 g/mol. The fourth-order valence-corrected chi connectivity index (χ4v) is 1.32. The molecule has 0 fully saturated rings. The van der Waals surface area contributed by atoms with E-state index in [-0.39, 0.29) is 5.56 Å². The number of hydrogen-bond donors (Lipinski definition) is 1. The van der Waals surface area contributed by atoms with Crippen LogP contribution >= 0.6 is 0 Å². The molecule has 1 aromatic rings. The molecule has 0 aromatic carbocycles. The number of carbonyl (C=O) groups is 1. The monoisotopic (exact) mass is 179 g/mol. The van der Waals surface area contributed by atoms with Crippen molar-refractivity contribution in [2.45, 2.75) is 12.8 Å². The zero-order valence-corrected chi connectivity index (χ0v) is 6.99. The fourth-order valence-electron chi connectivity index (χ4n) is 1.32. The largest absolute Gasteiger partial charge is 0.492 e. The number of aryl methyl sites for hydroxylation is 1. The first-order valence-electron chi connectivity index (χ1n) is 4.12. The zero-order valence-electron chi connectivity index (χ0n) is 6.99. The molecule has 0 bridgehead atoms. The van der Waals surface area contributed by atoms with E-state index in [1.165, 1.54) is 12.3 Å². The van der Waals surface area contributed by atoms with Crippen LogP contribution in [0.3, 0.4) is 0 Å². The second-order valence-electron chi connectivity index (χ2n) is 2.93. The number of nitrogens with zero attached hydrogens (tertiary/aromatic N) is 1. The van der Waals surface area contributed by atoms with Gasteiger partial charge in [-0.05, 0) is 18.9 Å². The molecule has 0 saturated heterocycles. The molecule has 0 atom stereocenters. The van der Waals surface area contributed by atoms with Crippen LogP contribution in [0, 0.1) is 0 Å². The molecule has 0 saturated carbocycles. The van der Waals surface area contributed by atoms with Crippen molar-refractivity contribution in [2.24, 2.45) is 0 Å². The van der Waals surface area contributed by atoms with Gasteiger partial charge in [-0.2, -0.15) is 0 Å². The van der Waals surface area contributed by atoms with E-state index >= 15 is 0 Å². The normalized spacial score (nSPS) is 14.5. The number of aromatic carboxylic acids is 1. The lowest BCUT2D eigenvalue weighted by Crippen LogP contribution is -2.11. The van der Waals surface area contributed by atoms with Crippen LogP contribution < -0.4 is 4.74 Å². The van der Waals surface area contributed by atoms with Crippen molar-refractivity contribution in [1.82, 2.24) is 4.98 Å². The van der Waals surface area contributed by atoms with Gasteiger partial charge in [-0.25, -0.2) is 4.79 Å². The number of carboxylic acids is 1. The zero-order chi connectivity index (χ0) is 9.26. The molecule has 68 valence electrons. The van der Waals surface area contributed by atoms with Gasteiger partial charge in [0.2, 0.25) is 0 Å². The lowest BCUT2D eigenvalue weighted by Gasteiger charge is -2.15. The summed E-state index contributed by atoms with van der Waals surface area (Å²) in [7, 11) is 0. The van der Waals surface area contributed by atoms with Crippen LogP contribution in [0.25, 0.3) is 0 Å². The maximum atomic E-state index is 10.6. The summed E-state index contributed by atoms with van der Waals surface area (Å²) in [6.45, 7) is 0.651. The summed E-state index contributed by atoms with van der Waals surface area (Å²) < 4.78 is 5.29. The Balaban J connectivity index is 2.40. The summed E-state index contributed by atoms with van der Waals surface area (Å²) in [6.07, 6.45) is 3.19. The van der Waals surface area contributed by atoms with E-state index in [9.17, 15) is 4.79 Å². The van der Waals surface area contributed by atoms with Gasteiger partial charge in [0, 0.05) is 6.20 Å². The van der Waals surface area contributed by atoms with Crippen molar-refractivity contribution in [3.63, 3.8) is 0 Å². The quantitative estimate of drug-likeness (QED) is 0.701. The molecule has 1 aliphatic heterocycles. The summed E-state index contributed by atoms with van der Waals surface area (Å²) in [5.74, 6) is -0.351. The highest BCUT2D eigenvalue weighted by Gasteiger charge is 2.14. The number of rotatable bonds is 1. The topological polar surface area (TPSA) is 59.4 Å². The molecule has 1 N–H and O–H groups in total. The van der Waals surface area contributed by atoms with E-state index in [0.717, 1.165) is 18.5 Å². The third-order valence-electron chi connectivity index (χ3n) is 1.99. The highest BCUT2D eigenvalue weighted by Crippen LogP contribution is 2.23. The second-order valence-corrected chi connectivity index (χ2v) is 2.93. The minimum atomic E-state index is -0.968. The Labute approximate surface area is 75.2 Å². The minimum absolute atomic E-state index is 0.181. The predicted molar refractivity (Wildman–Crippen MR) is 45.0 cm³/mol. The van der Waals surface area contributed by atoms with Crippen molar-refractivity contribution in [3.05, 3.63) is 23.5 Å². The van der Waals surface area contributed by atoms with Crippen molar-refractivity contribution in [3.8, 4) is 5.75 Å². The van der Waals surface area contributed by atoms with Gasteiger partial charge >= 0.3 is 5.97 Å². The van der Waals surface area contributed by atoms with Gasteiger partial charge in [0.25, 0.3) is 0 Å². The molecule has 1 aromatic heterocycles. The smallest absolute Gasteiger partial charge is 0.337 e. The van der Waals surface area contributed by atoms with Crippen LogP contribution in [0.4, 0.5) is 0 Å². The minimum Gasteiger partial charge on any atom is -0.492 e. The molecule has 0 spiro atoms. The summed E-state index contributed by atoms with van der Waals surface area (Å²) in [4.78, 5) is 14.6. The Morgan fingerprint density at radius 1 is 1.62 bits per heavy atom. The Morgan fingerprint density at radius 2 is 2.46 bits per heavy atom. The van der Waals surface area contributed by atoms with Crippen LogP contribution in [0.5, 0.6) is 5.75 Å². The molecule has 0 amide bonds. The molecule has 4 nitrogen and oxygen atoms in total. The summed E-state index contributed by atoms with van der Waals surface area (Å²) >= 11 is 0. The average Bonchev–Trinajstić information content (AvgIpc) is 2.17. The van der Waals surface area contributed by atoms with E-state index in [1.807, 2.05) is 0 Å². The molecular formula is C9H9NO3. The predicted octanol–water partition coefficient (Wildman–Crippen LogP) is 1.10. The van der Waals surface area contributed by atoms with E-state index < -0.39 is 5.97 Å². The molecule has 0 unspecified atom stereocenters. The molecule has 2 rings (SSSR count). The van der Waals surface area contributed by atoms with E-state index in [0.29, 0.717) is 12.4 Å². The fraction of sp³-hybridized carbons (Fsp3) is 0.333. The van der Waals surface area contributed by atoms with Crippen LogP contribution in [-0.4, -0.2) is 22.7 Å². The first kappa shape index (κ1) is 8.04. The standard InChI is InChI=1S/C9H9NO3/c11-9(12)6-4-8-7(10-5-6)2-1-3-13-8/h4-5H,1-3H2,(H,11,12). The average molecular weight is 179 g/mol. The highest BCUT2D eigenvalue weighted by molar-refractivity contribution is 5.87. The van der Waals surface area contributed by atoms with Gasteiger partial charge in [-0.3, -0.25) is 4.98 Å². The van der Waals surface area contributed by atoms with E-state index in [2.05, 4.69) is 4.98 Å². The van der Waals surface area contributed by atoms with Crippen molar-refractivity contribution in [1.29, 1.82) is 0 Å². The van der Waals surface area contributed by atoms with Crippen molar-refractivity contribution < 1.29 is 14.6 Å². The second kappa shape index (κ2) is 3.05. The summed E-state index contributed by atoms with van der Waals surface area (Å²) in [5.41, 5.74) is 1.04. The number of pyridine rings is 1. The van der Waals surface area contributed by atoms with Gasteiger partial charge in [0.05, 0.1) is 17.9 Å². The van der Waals surface area contributed by atoms with Crippen molar-refractivity contribution >= 4 is 5.97 Å². The summed E-state index contributed by atoms with van der Waals surface area (Å²) in [6, 6.07) is 1.53. The van der Waals surface area contributed by atoms with E-state index in [1.54, 1.807) is 0 Å². The molecule has 2 heterocycles. The first-order valence-corrected chi connectivity index (χ1v) is 4.12. The number of fused-ring (bicyclic) bond motifs is 1. The molecule has 13 heavy (non-hydrogen) atoms. The molecule has 4 heteroatoms. The van der Waals surface area contributed by atoms with Gasteiger partial charge in [-0.1, -0.05) is 0 Å². The first-order chi connectivity index (χ1) is 6.27. The van der Waals surface area contributed by atoms with Gasteiger partial charge in [-0.15, -0.1) is 0 Å². The summed E-state index contributed by atoms with van der Waals surface area (Å²) in [5, 5.41) is 8.69. The van der Waals surface area contributed by atoms with Crippen molar-refractivity contribution in [2.75, 3.05) is 6.61 Å². The lowest BCUT2D eigenvalue weighted by atomic mass is 10.1. The Hall–Kier alpha value is -1.58. The number of ether oxygens (including phenoxy) is 1. The van der Waals surface area contributed by atoms with Crippen LogP contribution in [0.1, 0.15) is 22.5 Å². The van der Waals surface area contributed by atoms with E-state index in [4.69, 9.17) is 9.84 Å². The lowest BCUT2D eigenvalue weighted by molar-refractivity contribution is 0.0695. The maximum Gasteiger partial charge on any atom is 0.337 e. The molecule has 0 radical (unpaired) electrons. The third kappa shape index (κ3) is 1.47. The Morgan fingerprint density at radius 3 is 3.23 bits per heavy atom. The molecule has 0 aliphatic carbocycles. The van der Waals surface area contributed by atoms with Crippen LogP contribution in [-0.2, 0) is 6.42 Å². The van der Waals surface area contributed by atoms with Crippen LogP contribution in [0.15, 0.2) is 12.3 Å². The molecule has 1 aliphatic rings. The van der Waals surface area contributed by atoms with Gasteiger partial charge < -0.3 is 9.84 Å². The third-order valence-corrected chi connectivity index (χ3v) is 1.99. The SMILES string of the molecule is O=C(O)c1cnc2c(c1)OCCC2.